The highest BCUT2D eigenvalue weighted by atomic mass is 16.5. The lowest BCUT2D eigenvalue weighted by atomic mass is 9.99. The maximum Gasteiger partial charge on any atom is 0.309 e. The molecule has 1 fully saturated rings. The van der Waals surface area contributed by atoms with E-state index in [9.17, 15) is 9.59 Å². The second-order valence-electron chi connectivity index (χ2n) is 7.86. The van der Waals surface area contributed by atoms with E-state index in [1.54, 1.807) is 24.4 Å². The van der Waals surface area contributed by atoms with Crippen molar-refractivity contribution in [2.75, 3.05) is 13.1 Å². The van der Waals surface area contributed by atoms with Crippen molar-refractivity contribution < 1.29 is 23.7 Å². The first-order chi connectivity index (χ1) is 16.0. The third-order valence-corrected chi connectivity index (χ3v) is 5.50. The van der Waals surface area contributed by atoms with Gasteiger partial charge < -0.3 is 14.2 Å². The first-order valence-electron chi connectivity index (χ1n) is 10.3. The van der Waals surface area contributed by atoms with E-state index in [0.29, 0.717) is 36.8 Å². The fourth-order valence-corrected chi connectivity index (χ4v) is 3.75. The maximum absolute atomic E-state index is 12.3. The molecule has 5 rings (SSSR count). The van der Waals surface area contributed by atoms with Crippen molar-refractivity contribution in [3.8, 4) is 34.4 Å². The van der Waals surface area contributed by atoms with Crippen LogP contribution in [-0.2, 0) is 11.3 Å². The lowest BCUT2D eigenvalue weighted by molar-refractivity contribution is -0.147. The molecule has 1 aliphatic heterocycles. The van der Waals surface area contributed by atoms with Gasteiger partial charge in [-0.1, -0.05) is 40.6 Å². The number of carboxylic acid groups (broad SMARTS) is 1. The van der Waals surface area contributed by atoms with Crippen LogP contribution in [0.2, 0.25) is 0 Å². The molecule has 1 saturated heterocycles. The van der Waals surface area contributed by atoms with Gasteiger partial charge in [-0.15, -0.1) is 0 Å². The van der Waals surface area contributed by atoms with Crippen molar-refractivity contribution in [3.63, 3.8) is 0 Å². The van der Waals surface area contributed by atoms with Gasteiger partial charge in [-0.05, 0) is 24.6 Å². The Morgan fingerprint density at radius 2 is 1.88 bits per heavy atom. The molecular weight excluding hydrogens is 426 g/mol. The molecular formula is C23H19N5O5. The average Bonchev–Trinajstić information content (AvgIpc) is 3.44. The predicted octanol–water partition coefficient (Wildman–Crippen LogP) is 3.17. The Hall–Kier alpha value is -4.18. The molecule has 33 heavy (non-hydrogen) atoms. The first kappa shape index (κ1) is 20.7. The largest absolute Gasteiger partial charge is 0.481 e. The smallest absolute Gasteiger partial charge is 0.309 e. The van der Waals surface area contributed by atoms with Crippen LogP contribution in [0, 0.1) is 5.92 Å². The summed E-state index contributed by atoms with van der Waals surface area (Å²) in [4.78, 5) is 34.0. The summed E-state index contributed by atoms with van der Waals surface area (Å²) in [6.07, 6.45) is 1.61. The summed E-state index contributed by atoms with van der Waals surface area (Å²) in [5.41, 5.74) is 2.84. The molecule has 4 aromatic rings. The zero-order valence-corrected chi connectivity index (χ0v) is 17.6. The first-order valence-corrected chi connectivity index (χ1v) is 10.3. The molecule has 10 nitrogen and oxygen atoms in total. The minimum absolute atomic E-state index is 0.0502. The number of hydrogen-bond donors (Lipinski definition) is 1. The quantitative estimate of drug-likeness (QED) is 0.422. The molecule has 1 aromatic carbocycles. The van der Waals surface area contributed by atoms with Gasteiger partial charge in [-0.2, -0.15) is 4.98 Å². The lowest BCUT2D eigenvalue weighted by Crippen LogP contribution is -2.49. The van der Waals surface area contributed by atoms with Gasteiger partial charge in [-0.3, -0.25) is 19.5 Å². The van der Waals surface area contributed by atoms with Crippen molar-refractivity contribution in [2.24, 2.45) is 5.92 Å². The van der Waals surface area contributed by atoms with Crippen molar-refractivity contribution >= 4 is 11.8 Å². The molecule has 1 aliphatic rings. The SMILES string of the molecule is CC(=O)c1c(-c2ccccn2)noc1-c1nc(-c2ccc(CN3CC(C(=O)O)C3)cc2)no1. The maximum atomic E-state index is 12.3. The van der Waals surface area contributed by atoms with Crippen LogP contribution in [0.1, 0.15) is 22.8 Å². The van der Waals surface area contributed by atoms with Crippen LogP contribution in [-0.4, -0.2) is 55.1 Å². The molecule has 0 bridgehead atoms. The zero-order valence-electron chi connectivity index (χ0n) is 17.6. The standard InChI is InChI=1S/C23H19N5O5/c1-13(29)18-19(17-4-2-3-9-24-17)26-32-20(18)22-25-21(27-33-22)15-7-5-14(6-8-15)10-28-11-16(12-28)23(30)31/h2-9,16H,10-12H2,1H3,(H,30,31). The average molecular weight is 445 g/mol. The Kier molecular flexibility index (Phi) is 5.27. The number of benzene rings is 1. The molecule has 0 aliphatic carbocycles. The van der Waals surface area contributed by atoms with E-state index in [-0.39, 0.29) is 28.9 Å². The van der Waals surface area contributed by atoms with E-state index >= 15 is 0 Å². The van der Waals surface area contributed by atoms with Crippen LogP contribution >= 0.6 is 0 Å². The van der Waals surface area contributed by atoms with Gasteiger partial charge in [0.25, 0.3) is 5.89 Å². The number of aromatic nitrogens is 4. The molecule has 0 spiro atoms. The van der Waals surface area contributed by atoms with E-state index in [0.717, 1.165) is 11.1 Å². The van der Waals surface area contributed by atoms with Gasteiger partial charge >= 0.3 is 5.97 Å². The Balaban J connectivity index is 1.35. The van der Waals surface area contributed by atoms with Crippen molar-refractivity contribution in [2.45, 2.75) is 13.5 Å². The summed E-state index contributed by atoms with van der Waals surface area (Å²) in [7, 11) is 0. The van der Waals surface area contributed by atoms with Crippen molar-refractivity contribution in [1.82, 2.24) is 25.2 Å². The summed E-state index contributed by atoms with van der Waals surface area (Å²) < 4.78 is 10.8. The second kappa shape index (κ2) is 8.40. The number of pyridine rings is 1. The third kappa shape index (κ3) is 4.03. The van der Waals surface area contributed by atoms with E-state index < -0.39 is 5.97 Å². The molecule has 0 saturated carbocycles. The molecule has 166 valence electrons. The minimum Gasteiger partial charge on any atom is -0.481 e. The summed E-state index contributed by atoms with van der Waals surface area (Å²) in [5, 5.41) is 17.0. The van der Waals surface area contributed by atoms with E-state index in [1.165, 1.54) is 6.92 Å². The molecule has 0 unspecified atom stereocenters. The Labute approximate surface area is 187 Å². The Morgan fingerprint density at radius 1 is 1.09 bits per heavy atom. The highest BCUT2D eigenvalue weighted by Crippen LogP contribution is 2.32. The zero-order chi connectivity index (χ0) is 22.9. The van der Waals surface area contributed by atoms with Crippen LogP contribution in [0.15, 0.2) is 57.7 Å². The van der Waals surface area contributed by atoms with Gasteiger partial charge in [0.05, 0.1) is 17.2 Å². The fourth-order valence-electron chi connectivity index (χ4n) is 3.75. The van der Waals surface area contributed by atoms with E-state index in [1.807, 2.05) is 24.3 Å². The van der Waals surface area contributed by atoms with E-state index in [4.69, 9.17) is 14.2 Å². The number of hydrogen-bond acceptors (Lipinski definition) is 9. The summed E-state index contributed by atoms with van der Waals surface area (Å²) in [5.74, 6) is -0.792. The normalized spacial score (nSPS) is 14.2. The minimum atomic E-state index is -0.749. The third-order valence-electron chi connectivity index (χ3n) is 5.50. The molecule has 0 atom stereocenters. The summed E-state index contributed by atoms with van der Waals surface area (Å²) in [6.45, 7) is 3.20. The number of nitrogens with zero attached hydrogens (tertiary/aromatic N) is 5. The van der Waals surface area contributed by atoms with Gasteiger partial charge in [0, 0.05) is 31.4 Å². The van der Waals surface area contributed by atoms with Crippen LogP contribution in [0.25, 0.3) is 34.4 Å². The highest BCUT2D eigenvalue weighted by Gasteiger charge is 2.32. The van der Waals surface area contributed by atoms with E-state index in [2.05, 4.69) is 25.2 Å². The topological polar surface area (TPSA) is 135 Å². The summed E-state index contributed by atoms with van der Waals surface area (Å²) >= 11 is 0. The van der Waals surface area contributed by atoms with Crippen LogP contribution in [0.5, 0.6) is 0 Å². The van der Waals surface area contributed by atoms with Crippen molar-refractivity contribution in [1.29, 1.82) is 0 Å². The number of Topliss-reactive ketones (excluding diaryl/α,β-unsaturated/α-hetero) is 1. The number of aliphatic carboxylic acids is 1. The molecule has 1 N–H and O–H groups in total. The van der Waals surface area contributed by atoms with Crippen molar-refractivity contribution in [3.05, 3.63) is 59.8 Å². The summed E-state index contributed by atoms with van der Waals surface area (Å²) in [6, 6.07) is 12.9. The van der Waals surface area contributed by atoms with Crippen LogP contribution in [0.3, 0.4) is 0 Å². The number of rotatable bonds is 7. The molecule has 4 heterocycles. The number of ketones is 1. The fraction of sp³-hybridized carbons (Fsp3) is 0.217. The predicted molar refractivity (Wildman–Crippen MR) is 115 cm³/mol. The van der Waals surface area contributed by atoms with Gasteiger partial charge in [0.1, 0.15) is 5.69 Å². The highest BCUT2D eigenvalue weighted by molar-refractivity contribution is 6.03. The lowest BCUT2D eigenvalue weighted by Gasteiger charge is -2.36. The Bertz CT molecular complexity index is 1310. The van der Waals surface area contributed by atoms with Gasteiger partial charge in [0.2, 0.25) is 11.6 Å². The molecule has 0 radical (unpaired) electrons. The van der Waals surface area contributed by atoms with Gasteiger partial charge in [-0.25, -0.2) is 0 Å². The number of likely N-dealkylation sites (tertiary alicyclic amines) is 1. The van der Waals surface area contributed by atoms with Crippen LogP contribution in [0.4, 0.5) is 0 Å². The second-order valence-corrected chi connectivity index (χ2v) is 7.86. The van der Waals surface area contributed by atoms with Gasteiger partial charge in [0.15, 0.2) is 5.78 Å². The Morgan fingerprint density at radius 3 is 2.55 bits per heavy atom. The number of carbonyl (C=O) groups excluding carboxylic acids is 1. The number of carboxylic acids is 1. The monoisotopic (exact) mass is 445 g/mol. The molecule has 0 amide bonds. The number of carbonyl (C=O) groups is 2. The molecule has 3 aromatic heterocycles. The van der Waals surface area contributed by atoms with Crippen LogP contribution < -0.4 is 0 Å². The molecule has 10 heteroatoms.